The summed E-state index contributed by atoms with van der Waals surface area (Å²) in [5.74, 6) is -0.222. The van der Waals surface area contributed by atoms with Crippen LogP contribution in [-0.4, -0.2) is 53.8 Å². The topological polar surface area (TPSA) is 115 Å². The van der Waals surface area contributed by atoms with Gasteiger partial charge >= 0.3 is 5.97 Å². The van der Waals surface area contributed by atoms with Gasteiger partial charge < -0.3 is 24.5 Å². The van der Waals surface area contributed by atoms with Gasteiger partial charge in [-0.15, -0.1) is 0 Å². The molecule has 2 aliphatic heterocycles. The first-order valence-electron chi connectivity index (χ1n) is 13.1. The molecule has 3 aromatic rings. The first-order chi connectivity index (χ1) is 18.4. The van der Waals surface area contributed by atoms with Gasteiger partial charge in [-0.2, -0.15) is 0 Å². The van der Waals surface area contributed by atoms with Gasteiger partial charge in [-0.25, -0.2) is 0 Å². The quantitative estimate of drug-likeness (QED) is 0.406. The van der Waals surface area contributed by atoms with Crippen LogP contribution in [0, 0.1) is 0 Å². The summed E-state index contributed by atoms with van der Waals surface area (Å²) in [5.41, 5.74) is 8.80. The Labute approximate surface area is 221 Å². The third-order valence-electron chi connectivity index (χ3n) is 7.36. The molecule has 2 N–H and O–H groups in total. The summed E-state index contributed by atoms with van der Waals surface area (Å²) in [5, 5.41) is 1.03. The SMILES string of the molecule is COC(=O)CCC(C(N)=O)N1Cc2c(OCc3cc4cc(CN5CCCCC5)ccc4o3)cccc2C1=O. The number of amides is 2. The van der Waals surface area contributed by atoms with Crippen molar-refractivity contribution in [3.05, 3.63) is 64.9 Å². The number of ether oxygens (including phenoxy) is 2. The number of piperidine rings is 1. The van der Waals surface area contributed by atoms with E-state index in [-0.39, 0.29) is 31.9 Å². The number of fused-ring (bicyclic) bond motifs is 2. The molecule has 2 aliphatic rings. The molecule has 1 saturated heterocycles. The van der Waals surface area contributed by atoms with Crippen molar-refractivity contribution < 1.29 is 28.3 Å². The Hall–Kier alpha value is -3.85. The van der Waals surface area contributed by atoms with E-state index >= 15 is 0 Å². The Kier molecular flexibility index (Phi) is 7.64. The molecule has 0 aliphatic carbocycles. The summed E-state index contributed by atoms with van der Waals surface area (Å²) < 4.78 is 16.8. The van der Waals surface area contributed by atoms with Crippen LogP contribution in [-0.2, 0) is 34.0 Å². The summed E-state index contributed by atoms with van der Waals surface area (Å²) >= 11 is 0. The molecule has 9 heteroatoms. The van der Waals surface area contributed by atoms with E-state index in [0.717, 1.165) is 30.6 Å². The average Bonchev–Trinajstić information content (AvgIpc) is 3.48. The van der Waals surface area contributed by atoms with E-state index < -0.39 is 17.9 Å². The van der Waals surface area contributed by atoms with E-state index in [4.69, 9.17) is 14.9 Å². The van der Waals surface area contributed by atoms with Gasteiger partial charge in [-0.1, -0.05) is 18.6 Å². The Balaban J connectivity index is 1.27. The number of nitrogens with zero attached hydrogens (tertiary/aromatic N) is 2. The lowest BCUT2D eigenvalue weighted by atomic mass is 10.1. The summed E-state index contributed by atoms with van der Waals surface area (Å²) in [6.45, 7) is 3.60. The Morgan fingerprint density at radius 3 is 2.68 bits per heavy atom. The van der Waals surface area contributed by atoms with Crippen molar-refractivity contribution in [3.8, 4) is 5.75 Å². The maximum Gasteiger partial charge on any atom is 0.305 e. The predicted octanol–water partition coefficient (Wildman–Crippen LogP) is 3.76. The number of rotatable bonds is 10. The van der Waals surface area contributed by atoms with Crippen LogP contribution in [0.15, 0.2) is 46.9 Å². The van der Waals surface area contributed by atoms with Gasteiger partial charge in [0.2, 0.25) is 5.91 Å². The van der Waals surface area contributed by atoms with Crippen LogP contribution in [0.2, 0.25) is 0 Å². The fourth-order valence-electron chi connectivity index (χ4n) is 5.36. The number of nitrogens with two attached hydrogens (primary N) is 1. The number of esters is 1. The van der Waals surface area contributed by atoms with Gasteiger partial charge in [0.25, 0.3) is 5.91 Å². The zero-order valence-corrected chi connectivity index (χ0v) is 21.6. The number of methoxy groups -OCH3 is 1. The molecule has 1 atom stereocenters. The highest BCUT2D eigenvalue weighted by atomic mass is 16.5. The van der Waals surface area contributed by atoms with Crippen molar-refractivity contribution in [1.82, 2.24) is 9.80 Å². The van der Waals surface area contributed by atoms with E-state index in [2.05, 4.69) is 21.8 Å². The normalized spacial score (nSPS) is 16.4. The third-order valence-corrected chi connectivity index (χ3v) is 7.36. The maximum atomic E-state index is 13.1. The number of hydrogen-bond donors (Lipinski definition) is 1. The Morgan fingerprint density at radius 1 is 1.11 bits per heavy atom. The molecule has 200 valence electrons. The van der Waals surface area contributed by atoms with E-state index in [1.54, 1.807) is 18.2 Å². The Morgan fingerprint density at radius 2 is 1.92 bits per heavy atom. The van der Waals surface area contributed by atoms with Crippen LogP contribution in [0.25, 0.3) is 11.0 Å². The second kappa shape index (κ2) is 11.3. The van der Waals surface area contributed by atoms with Crippen LogP contribution in [0.3, 0.4) is 0 Å². The van der Waals surface area contributed by atoms with Gasteiger partial charge in [0.05, 0.1) is 13.7 Å². The lowest BCUT2D eigenvalue weighted by molar-refractivity contribution is -0.141. The van der Waals surface area contributed by atoms with Crippen LogP contribution >= 0.6 is 0 Å². The molecule has 1 fully saturated rings. The minimum Gasteiger partial charge on any atom is -0.485 e. The summed E-state index contributed by atoms with van der Waals surface area (Å²) in [7, 11) is 1.28. The number of primary amides is 1. The second-order valence-corrected chi connectivity index (χ2v) is 9.96. The van der Waals surface area contributed by atoms with E-state index in [1.807, 2.05) is 12.1 Å². The number of carbonyl (C=O) groups excluding carboxylic acids is 3. The summed E-state index contributed by atoms with van der Waals surface area (Å²) in [4.78, 5) is 40.7. The lowest BCUT2D eigenvalue weighted by Crippen LogP contribution is -2.45. The molecule has 0 bridgehead atoms. The van der Waals surface area contributed by atoms with Crippen LogP contribution in [0.4, 0.5) is 0 Å². The molecule has 1 aromatic heterocycles. The molecule has 0 spiro atoms. The van der Waals surface area contributed by atoms with E-state index in [0.29, 0.717) is 22.6 Å². The highest BCUT2D eigenvalue weighted by Gasteiger charge is 2.37. The number of hydrogen-bond acceptors (Lipinski definition) is 7. The fourth-order valence-corrected chi connectivity index (χ4v) is 5.36. The van der Waals surface area contributed by atoms with Gasteiger partial charge in [0, 0.05) is 29.5 Å². The van der Waals surface area contributed by atoms with Crippen LogP contribution in [0.1, 0.15) is 59.3 Å². The molecule has 1 unspecified atom stereocenters. The van der Waals surface area contributed by atoms with Crippen molar-refractivity contribution in [2.45, 2.75) is 57.8 Å². The number of carbonyl (C=O) groups is 3. The summed E-state index contributed by atoms with van der Waals surface area (Å²) in [6, 6.07) is 12.6. The molecule has 38 heavy (non-hydrogen) atoms. The Bertz CT molecular complexity index is 1340. The molecular weight excluding hydrogens is 486 g/mol. The molecule has 0 radical (unpaired) electrons. The minimum absolute atomic E-state index is 0.0145. The standard InChI is InChI=1S/C29H33N3O6/c1-36-27(33)11-9-24(28(30)34)32-17-23-22(29(32)35)6-5-7-26(23)37-18-21-15-20-14-19(8-10-25(20)38-21)16-31-12-3-2-4-13-31/h5-8,10,14-15,24H,2-4,9,11-13,16-18H2,1H3,(H2,30,34). The zero-order chi connectivity index (χ0) is 26.6. The zero-order valence-electron chi connectivity index (χ0n) is 21.6. The largest absolute Gasteiger partial charge is 0.485 e. The number of furan rings is 1. The van der Waals surface area contributed by atoms with Gasteiger partial charge in [0.15, 0.2) is 0 Å². The van der Waals surface area contributed by atoms with E-state index in [9.17, 15) is 14.4 Å². The highest BCUT2D eigenvalue weighted by molar-refractivity contribution is 6.01. The fraction of sp³-hybridized carbons (Fsp3) is 0.414. The summed E-state index contributed by atoms with van der Waals surface area (Å²) in [6.07, 6.45) is 3.92. The smallest absolute Gasteiger partial charge is 0.305 e. The van der Waals surface area contributed by atoms with Crippen LogP contribution < -0.4 is 10.5 Å². The monoisotopic (exact) mass is 519 g/mol. The average molecular weight is 520 g/mol. The van der Waals surface area contributed by atoms with Gasteiger partial charge in [-0.3, -0.25) is 19.3 Å². The first kappa shape index (κ1) is 25.8. The number of likely N-dealkylation sites (tertiary alicyclic amines) is 1. The lowest BCUT2D eigenvalue weighted by Gasteiger charge is -2.26. The van der Waals surface area contributed by atoms with E-state index in [1.165, 1.54) is 36.8 Å². The molecule has 0 saturated carbocycles. The molecule has 2 aromatic carbocycles. The second-order valence-electron chi connectivity index (χ2n) is 9.96. The maximum absolute atomic E-state index is 13.1. The highest BCUT2D eigenvalue weighted by Crippen LogP contribution is 2.34. The molecule has 9 nitrogen and oxygen atoms in total. The van der Waals surface area contributed by atoms with Crippen LogP contribution in [0.5, 0.6) is 5.75 Å². The van der Waals surface area contributed by atoms with Gasteiger partial charge in [-0.05, 0) is 68.2 Å². The van der Waals surface area contributed by atoms with Crippen molar-refractivity contribution in [2.75, 3.05) is 20.2 Å². The molecular formula is C29H33N3O6. The molecule has 3 heterocycles. The molecule has 2 amide bonds. The predicted molar refractivity (Wildman–Crippen MR) is 140 cm³/mol. The van der Waals surface area contributed by atoms with Crippen molar-refractivity contribution >= 4 is 28.8 Å². The van der Waals surface area contributed by atoms with Crippen molar-refractivity contribution in [2.24, 2.45) is 5.73 Å². The third kappa shape index (κ3) is 5.52. The van der Waals surface area contributed by atoms with Gasteiger partial charge in [0.1, 0.15) is 29.7 Å². The minimum atomic E-state index is -0.920. The number of benzene rings is 2. The first-order valence-corrected chi connectivity index (χ1v) is 13.1. The van der Waals surface area contributed by atoms with Crippen molar-refractivity contribution in [1.29, 1.82) is 0 Å². The molecule has 5 rings (SSSR count). The van der Waals surface area contributed by atoms with Crippen molar-refractivity contribution in [3.63, 3.8) is 0 Å².